The largest absolute Gasteiger partial charge is 0.507 e. The number of rotatable bonds is 8. The number of aromatic hydroxyl groups is 1. The van der Waals surface area contributed by atoms with Gasteiger partial charge >= 0.3 is 6.18 Å². The summed E-state index contributed by atoms with van der Waals surface area (Å²) < 4.78 is 43.3. The van der Waals surface area contributed by atoms with Crippen molar-refractivity contribution in [1.29, 1.82) is 0 Å². The molecule has 0 aliphatic carbocycles. The molecule has 0 aliphatic heterocycles. The highest BCUT2D eigenvalue weighted by molar-refractivity contribution is 7.99. The molecule has 1 unspecified atom stereocenters. The Labute approximate surface area is 164 Å². The minimum Gasteiger partial charge on any atom is -0.507 e. The number of anilines is 1. The predicted octanol–water partition coefficient (Wildman–Crippen LogP) is 3.48. The van der Waals surface area contributed by atoms with Gasteiger partial charge in [0, 0.05) is 6.54 Å². The summed E-state index contributed by atoms with van der Waals surface area (Å²) in [5.74, 6) is 0.171. The summed E-state index contributed by atoms with van der Waals surface area (Å²) in [5.41, 5.74) is 6.81. The number of aromatic nitrogens is 4. The van der Waals surface area contributed by atoms with Crippen molar-refractivity contribution in [2.45, 2.75) is 22.6 Å². The van der Waals surface area contributed by atoms with E-state index in [2.05, 4.69) is 15.0 Å². The molecule has 12 heteroatoms. The van der Waals surface area contributed by atoms with E-state index < -0.39 is 12.3 Å². The molecule has 3 rings (SSSR count). The molecule has 3 aromatic rings. The third kappa shape index (κ3) is 5.46. The van der Waals surface area contributed by atoms with E-state index in [-0.39, 0.29) is 33.2 Å². The van der Waals surface area contributed by atoms with Gasteiger partial charge in [0.15, 0.2) is 5.65 Å². The average molecular weight is 431 g/mol. The van der Waals surface area contributed by atoms with Gasteiger partial charge in [-0.3, -0.25) is 0 Å². The fourth-order valence-corrected chi connectivity index (χ4v) is 3.90. The Kier molecular flexibility index (Phi) is 6.58. The molecular formula is C16H17F3N5O2PS. The first-order valence-corrected chi connectivity index (χ1v) is 10.4. The number of halogens is 3. The van der Waals surface area contributed by atoms with Crippen LogP contribution in [-0.4, -0.2) is 49.9 Å². The molecule has 0 saturated carbocycles. The van der Waals surface area contributed by atoms with Crippen molar-refractivity contribution in [3.8, 4) is 5.75 Å². The van der Waals surface area contributed by atoms with Crippen molar-refractivity contribution in [3.63, 3.8) is 0 Å². The summed E-state index contributed by atoms with van der Waals surface area (Å²) in [7, 11) is -0.326. The highest BCUT2D eigenvalue weighted by Gasteiger charge is 2.26. The van der Waals surface area contributed by atoms with E-state index in [1.54, 1.807) is 35.2 Å². The van der Waals surface area contributed by atoms with Gasteiger partial charge in [-0.05, 0) is 12.1 Å². The van der Waals surface area contributed by atoms with Crippen molar-refractivity contribution < 1.29 is 23.0 Å². The quantitative estimate of drug-likeness (QED) is 0.320. The summed E-state index contributed by atoms with van der Waals surface area (Å²) in [6, 6.07) is 6.82. The summed E-state index contributed by atoms with van der Waals surface area (Å²) >= 11 is 1.21. The average Bonchev–Trinajstić information content (AvgIpc) is 3.02. The Balaban J connectivity index is 1.67. The molecule has 2 aromatic heterocycles. The van der Waals surface area contributed by atoms with E-state index in [0.717, 1.165) is 0 Å². The van der Waals surface area contributed by atoms with Gasteiger partial charge in [0.25, 0.3) is 0 Å². The molecule has 1 atom stereocenters. The number of ether oxygens (including phenoxy) is 1. The van der Waals surface area contributed by atoms with Crippen LogP contribution in [0.4, 0.5) is 19.1 Å². The number of alkyl halides is 3. The van der Waals surface area contributed by atoms with Gasteiger partial charge in [-0.1, -0.05) is 32.5 Å². The van der Waals surface area contributed by atoms with Crippen LogP contribution in [0.2, 0.25) is 0 Å². The normalized spacial score (nSPS) is 12.4. The maximum Gasteiger partial charge on any atom is 0.392 e. The molecule has 0 radical (unpaired) electrons. The summed E-state index contributed by atoms with van der Waals surface area (Å²) in [6.45, 7) is 0.590. The van der Waals surface area contributed by atoms with Crippen LogP contribution in [0.25, 0.3) is 11.2 Å². The third-order valence-corrected chi connectivity index (χ3v) is 5.63. The number of nitrogen functional groups attached to an aromatic ring is 1. The van der Waals surface area contributed by atoms with Crippen molar-refractivity contribution in [2.75, 3.05) is 24.9 Å². The van der Waals surface area contributed by atoms with Crippen LogP contribution in [0.1, 0.15) is 0 Å². The fourth-order valence-electron chi connectivity index (χ4n) is 2.32. The Morgan fingerprint density at radius 2 is 2.04 bits per heavy atom. The Bertz CT molecular complexity index is 954. The summed E-state index contributed by atoms with van der Waals surface area (Å²) in [4.78, 5) is 13.3. The fraction of sp³-hybridized carbons (Fsp3) is 0.312. The van der Waals surface area contributed by atoms with Gasteiger partial charge in [-0.15, -0.1) is 0 Å². The van der Waals surface area contributed by atoms with Crippen LogP contribution in [0.15, 0.2) is 40.5 Å². The van der Waals surface area contributed by atoms with Crippen LogP contribution >= 0.6 is 20.3 Å². The standard InChI is InChI=1S/C16H17F3N5O2PS/c17-16(18,19)7-27-9-26-6-5-24-8-21-12-13(24)22-15(20)23-14(12)28-11-4-2-1-3-10(11)25/h1-4,8,25,27H,5-7,9H2,(H2,20,22,23). The first kappa shape index (κ1) is 20.6. The summed E-state index contributed by atoms with van der Waals surface area (Å²) in [5, 5.41) is 10.4. The van der Waals surface area contributed by atoms with E-state index >= 15 is 0 Å². The lowest BCUT2D eigenvalue weighted by Gasteiger charge is -2.08. The lowest BCUT2D eigenvalue weighted by atomic mass is 10.3. The molecule has 0 bridgehead atoms. The maximum atomic E-state index is 12.1. The molecular weight excluding hydrogens is 414 g/mol. The molecule has 2 heterocycles. The van der Waals surface area contributed by atoms with Gasteiger partial charge in [-0.25, -0.2) is 9.97 Å². The van der Waals surface area contributed by atoms with Gasteiger partial charge in [0.1, 0.15) is 16.3 Å². The van der Waals surface area contributed by atoms with Gasteiger partial charge < -0.3 is 20.1 Å². The molecule has 0 amide bonds. The molecule has 3 N–H and O–H groups in total. The highest BCUT2D eigenvalue weighted by atomic mass is 32.2. The van der Waals surface area contributed by atoms with Crippen LogP contribution in [-0.2, 0) is 11.3 Å². The Morgan fingerprint density at radius 3 is 2.79 bits per heavy atom. The SMILES string of the molecule is Nc1nc(Sc2ccccc2O)c2ncn(CCOCPCC(F)(F)F)c2n1. The summed E-state index contributed by atoms with van der Waals surface area (Å²) in [6.07, 6.45) is -3.39. The molecule has 7 nitrogen and oxygen atoms in total. The highest BCUT2D eigenvalue weighted by Crippen LogP contribution is 2.36. The van der Waals surface area contributed by atoms with Crippen LogP contribution in [0, 0.1) is 0 Å². The van der Waals surface area contributed by atoms with Crippen molar-refractivity contribution >= 4 is 37.5 Å². The van der Waals surface area contributed by atoms with E-state index in [0.29, 0.717) is 27.6 Å². The molecule has 0 aliphatic rings. The number of benzene rings is 1. The predicted molar refractivity (Wildman–Crippen MR) is 102 cm³/mol. The maximum absolute atomic E-state index is 12.1. The van der Waals surface area contributed by atoms with Crippen LogP contribution in [0.5, 0.6) is 5.75 Å². The van der Waals surface area contributed by atoms with E-state index in [4.69, 9.17) is 10.5 Å². The molecule has 28 heavy (non-hydrogen) atoms. The Hall–Kier alpha value is -2.10. The lowest BCUT2D eigenvalue weighted by molar-refractivity contribution is -0.106. The monoisotopic (exact) mass is 431 g/mol. The van der Waals surface area contributed by atoms with E-state index in [9.17, 15) is 18.3 Å². The zero-order valence-electron chi connectivity index (χ0n) is 14.5. The number of imidazole rings is 1. The number of phenolic OH excluding ortho intramolecular Hbond substituents is 1. The van der Waals surface area contributed by atoms with Gasteiger partial charge in [0.2, 0.25) is 5.95 Å². The number of phenols is 1. The van der Waals surface area contributed by atoms with Crippen molar-refractivity contribution in [3.05, 3.63) is 30.6 Å². The smallest absolute Gasteiger partial charge is 0.392 e. The zero-order valence-corrected chi connectivity index (χ0v) is 16.3. The molecule has 0 saturated heterocycles. The number of para-hydroxylation sites is 1. The second-order valence-electron chi connectivity index (χ2n) is 5.66. The molecule has 1 aromatic carbocycles. The molecule has 0 spiro atoms. The van der Waals surface area contributed by atoms with Crippen LogP contribution in [0.3, 0.4) is 0 Å². The van der Waals surface area contributed by atoms with Crippen molar-refractivity contribution in [1.82, 2.24) is 19.5 Å². The number of nitrogens with two attached hydrogens (primary N) is 1. The van der Waals surface area contributed by atoms with Crippen LogP contribution < -0.4 is 5.73 Å². The van der Waals surface area contributed by atoms with E-state index in [1.165, 1.54) is 11.8 Å². The van der Waals surface area contributed by atoms with E-state index in [1.807, 2.05) is 0 Å². The second-order valence-corrected chi connectivity index (χ2v) is 7.83. The second kappa shape index (κ2) is 8.93. The molecule has 0 fully saturated rings. The first-order valence-electron chi connectivity index (χ1n) is 8.13. The minimum atomic E-state index is -4.15. The number of hydrogen-bond donors (Lipinski definition) is 2. The first-order chi connectivity index (χ1) is 13.3. The molecule has 150 valence electrons. The number of fused-ring (bicyclic) bond motifs is 1. The van der Waals surface area contributed by atoms with Gasteiger partial charge in [0.05, 0.1) is 30.3 Å². The minimum absolute atomic E-state index is 0.0532. The Morgan fingerprint density at radius 1 is 1.25 bits per heavy atom. The van der Waals surface area contributed by atoms with Crippen molar-refractivity contribution in [2.24, 2.45) is 0 Å². The van der Waals surface area contributed by atoms with Gasteiger partial charge in [-0.2, -0.15) is 18.2 Å². The zero-order chi connectivity index (χ0) is 20.1. The third-order valence-electron chi connectivity index (χ3n) is 3.53. The lowest BCUT2D eigenvalue weighted by Crippen LogP contribution is -2.11. The topological polar surface area (TPSA) is 99.1 Å². The number of nitrogens with zero attached hydrogens (tertiary/aromatic N) is 4. The number of hydrogen-bond acceptors (Lipinski definition) is 7.